The Hall–Kier alpha value is -2.27. The average molecular weight is 407 g/mol. The summed E-state index contributed by atoms with van der Waals surface area (Å²) in [6.45, 7) is 0. The average Bonchev–Trinajstić information content (AvgIpc) is 3.49. The smallest absolute Gasteiger partial charge is 0.238 e. The number of hydrogen-bond acceptors (Lipinski definition) is 3. The van der Waals surface area contributed by atoms with Crippen LogP contribution in [0.5, 0.6) is 0 Å². The number of carbonyl (C=O) groups excluding carboxylic acids is 2. The zero-order valence-electron chi connectivity index (χ0n) is 16.5. The molecule has 150 valence electrons. The van der Waals surface area contributed by atoms with Gasteiger partial charge < -0.3 is 5.32 Å². The monoisotopic (exact) mass is 406 g/mol. The maximum absolute atomic E-state index is 12.7. The second kappa shape index (κ2) is 7.86. The van der Waals surface area contributed by atoms with Crippen molar-refractivity contribution >= 4 is 35.0 Å². The molecule has 5 rings (SSSR count). The van der Waals surface area contributed by atoms with Crippen molar-refractivity contribution in [2.24, 2.45) is 5.92 Å². The molecule has 1 atom stereocenters. The first-order valence-corrected chi connectivity index (χ1v) is 11.7. The Bertz CT molecular complexity index is 934. The molecule has 5 heteroatoms. The van der Waals surface area contributed by atoms with E-state index in [-0.39, 0.29) is 23.1 Å². The number of fused-ring (bicyclic) bond motifs is 1. The van der Waals surface area contributed by atoms with Gasteiger partial charge >= 0.3 is 0 Å². The van der Waals surface area contributed by atoms with Crippen LogP contribution in [-0.2, 0) is 22.4 Å². The molecule has 1 N–H and O–H groups in total. The quantitative estimate of drug-likeness (QED) is 0.770. The predicted molar refractivity (Wildman–Crippen MR) is 118 cm³/mol. The first kappa shape index (κ1) is 18.7. The minimum atomic E-state index is -0.0125. The number of nitrogens with zero attached hydrogens (tertiary/aromatic N) is 1. The molecule has 2 amide bonds. The van der Waals surface area contributed by atoms with Gasteiger partial charge in [0.05, 0.1) is 5.75 Å². The normalized spacial score (nSPS) is 21.6. The van der Waals surface area contributed by atoms with Crippen molar-refractivity contribution in [1.82, 2.24) is 0 Å². The van der Waals surface area contributed by atoms with Crippen LogP contribution < -0.4 is 10.2 Å². The van der Waals surface area contributed by atoms with E-state index in [4.69, 9.17) is 0 Å². The first-order chi connectivity index (χ1) is 14.2. The fourth-order valence-corrected chi connectivity index (χ4v) is 6.00. The van der Waals surface area contributed by atoms with Crippen LogP contribution in [-0.4, -0.2) is 17.6 Å². The standard InChI is InChI=1S/C24H26N2O2S/c27-22-15-29-24(26(22)21-13-10-16-6-3-7-19(16)14-21)18-8-11-20(12-9-18)25-23(28)17-4-1-2-5-17/h8-14,17,24H,1-7,15H2,(H,25,28)/t24-/m0/s1. The first-order valence-electron chi connectivity index (χ1n) is 10.7. The van der Waals surface area contributed by atoms with Crippen LogP contribution in [0, 0.1) is 5.92 Å². The molecule has 0 spiro atoms. The highest BCUT2D eigenvalue weighted by Gasteiger charge is 2.34. The van der Waals surface area contributed by atoms with Crippen LogP contribution >= 0.6 is 11.8 Å². The van der Waals surface area contributed by atoms with Crippen LogP contribution in [0.15, 0.2) is 42.5 Å². The number of hydrogen-bond donors (Lipinski definition) is 1. The molecule has 1 heterocycles. The predicted octanol–water partition coefficient (Wildman–Crippen LogP) is 5.08. The molecular weight excluding hydrogens is 380 g/mol. The molecule has 3 aliphatic rings. The van der Waals surface area contributed by atoms with Gasteiger partial charge in [-0.25, -0.2) is 0 Å². The third-order valence-electron chi connectivity index (χ3n) is 6.42. The molecule has 1 saturated heterocycles. The van der Waals surface area contributed by atoms with Crippen molar-refractivity contribution in [2.45, 2.75) is 50.3 Å². The van der Waals surface area contributed by atoms with E-state index in [2.05, 4.69) is 23.5 Å². The molecule has 2 aromatic rings. The van der Waals surface area contributed by atoms with E-state index in [0.29, 0.717) is 5.75 Å². The van der Waals surface area contributed by atoms with Crippen molar-refractivity contribution in [2.75, 3.05) is 16.0 Å². The summed E-state index contributed by atoms with van der Waals surface area (Å²) in [5, 5.41) is 3.04. The van der Waals surface area contributed by atoms with Crippen molar-refractivity contribution in [3.05, 3.63) is 59.2 Å². The Morgan fingerprint density at radius 2 is 1.72 bits per heavy atom. The SMILES string of the molecule is O=C(Nc1ccc([C@@H]2SCC(=O)N2c2ccc3c(c2)CCC3)cc1)C1CCCC1. The van der Waals surface area contributed by atoms with E-state index in [1.165, 1.54) is 17.5 Å². The molecular formula is C24H26N2O2S. The number of thioether (sulfide) groups is 1. The molecule has 0 radical (unpaired) electrons. The number of nitrogens with one attached hydrogen (secondary N) is 1. The summed E-state index contributed by atoms with van der Waals surface area (Å²) in [6.07, 6.45) is 7.78. The van der Waals surface area contributed by atoms with Gasteiger partial charge in [-0.3, -0.25) is 14.5 Å². The van der Waals surface area contributed by atoms with Gasteiger partial charge in [-0.1, -0.05) is 31.0 Å². The van der Waals surface area contributed by atoms with E-state index < -0.39 is 0 Å². The van der Waals surface area contributed by atoms with Crippen molar-refractivity contribution in [3.8, 4) is 0 Å². The highest BCUT2D eigenvalue weighted by Crippen LogP contribution is 2.43. The lowest BCUT2D eigenvalue weighted by atomic mass is 10.1. The Morgan fingerprint density at radius 1 is 0.966 bits per heavy atom. The maximum Gasteiger partial charge on any atom is 0.238 e. The van der Waals surface area contributed by atoms with Gasteiger partial charge in [-0.2, -0.15) is 0 Å². The molecule has 1 saturated carbocycles. The molecule has 4 nitrogen and oxygen atoms in total. The van der Waals surface area contributed by atoms with Gasteiger partial charge in [0.2, 0.25) is 11.8 Å². The largest absolute Gasteiger partial charge is 0.326 e. The second-order valence-corrected chi connectivity index (χ2v) is 9.39. The minimum absolute atomic E-state index is 0.0125. The van der Waals surface area contributed by atoms with E-state index >= 15 is 0 Å². The summed E-state index contributed by atoms with van der Waals surface area (Å²) >= 11 is 1.67. The fourth-order valence-electron chi connectivity index (χ4n) is 4.82. The summed E-state index contributed by atoms with van der Waals surface area (Å²) in [7, 11) is 0. The Balaban J connectivity index is 1.34. The number of carbonyl (C=O) groups is 2. The van der Waals surface area contributed by atoms with Crippen LogP contribution in [0.25, 0.3) is 0 Å². The lowest BCUT2D eigenvalue weighted by Gasteiger charge is -2.25. The Labute approximate surface area is 176 Å². The Kier molecular flexibility index (Phi) is 5.08. The number of amides is 2. The van der Waals surface area contributed by atoms with E-state index in [1.54, 1.807) is 11.8 Å². The van der Waals surface area contributed by atoms with Crippen LogP contribution in [0.1, 0.15) is 54.2 Å². The summed E-state index contributed by atoms with van der Waals surface area (Å²) < 4.78 is 0. The summed E-state index contributed by atoms with van der Waals surface area (Å²) in [5.74, 6) is 0.965. The molecule has 0 unspecified atom stereocenters. The zero-order valence-corrected chi connectivity index (χ0v) is 17.3. The number of anilines is 2. The number of benzene rings is 2. The molecule has 2 aliphatic carbocycles. The van der Waals surface area contributed by atoms with Crippen molar-refractivity contribution < 1.29 is 9.59 Å². The van der Waals surface area contributed by atoms with E-state index in [0.717, 1.165) is 55.5 Å². The van der Waals surface area contributed by atoms with Gasteiger partial charge in [0, 0.05) is 17.3 Å². The fraction of sp³-hybridized carbons (Fsp3) is 0.417. The highest BCUT2D eigenvalue weighted by molar-refractivity contribution is 8.00. The highest BCUT2D eigenvalue weighted by atomic mass is 32.2. The second-order valence-electron chi connectivity index (χ2n) is 8.33. The van der Waals surface area contributed by atoms with Crippen molar-refractivity contribution in [3.63, 3.8) is 0 Å². The molecule has 0 aromatic heterocycles. The minimum Gasteiger partial charge on any atom is -0.326 e. The van der Waals surface area contributed by atoms with Gasteiger partial charge in [0.15, 0.2) is 0 Å². The molecule has 1 aliphatic heterocycles. The van der Waals surface area contributed by atoms with E-state index in [1.807, 2.05) is 29.2 Å². The summed E-state index contributed by atoms with van der Waals surface area (Å²) in [5.41, 5.74) is 5.75. The van der Waals surface area contributed by atoms with Crippen LogP contribution in [0.2, 0.25) is 0 Å². The zero-order chi connectivity index (χ0) is 19.8. The summed E-state index contributed by atoms with van der Waals surface area (Å²) in [4.78, 5) is 27.0. The van der Waals surface area contributed by atoms with Gasteiger partial charge in [0.25, 0.3) is 0 Å². The van der Waals surface area contributed by atoms with Gasteiger partial charge in [-0.05, 0) is 73.1 Å². The summed E-state index contributed by atoms with van der Waals surface area (Å²) in [6, 6.07) is 14.5. The van der Waals surface area contributed by atoms with E-state index in [9.17, 15) is 9.59 Å². The third-order valence-corrected chi connectivity index (χ3v) is 7.63. The molecule has 0 bridgehead atoms. The van der Waals surface area contributed by atoms with Crippen LogP contribution in [0.4, 0.5) is 11.4 Å². The van der Waals surface area contributed by atoms with Gasteiger partial charge in [0.1, 0.15) is 5.37 Å². The molecule has 2 aromatic carbocycles. The Morgan fingerprint density at radius 3 is 2.52 bits per heavy atom. The number of rotatable bonds is 4. The topological polar surface area (TPSA) is 49.4 Å². The maximum atomic E-state index is 12.7. The van der Waals surface area contributed by atoms with Gasteiger partial charge in [-0.15, -0.1) is 11.8 Å². The number of aryl methyl sites for hydroxylation is 2. The lowest BCUT2D eigenvalue weighted by molar-refractivity contribution is -0.119. The molecule has 29 heavy (non-hydrogen) atoms. The van der Waals surface area contributed by atoms with Crippen LogP contribution in [0.3, 0.4) is 0 Å². The van der Waals surface area contributed by atoms with Crippen molar-refractivity contribution in [1.29, 1.82) is 0 Å². The third kappa shape index (κ3) is 3.68. The lowest BCUT2D eigenvalue weighted by Crippen LogP contribution is -2.28. The molecule has 2 fully saturated rings.